The number of β-amino-alcohol motifs (C(OH)–C–C–N with tert-alkyl or cyclic N) is 1. The van der Waals surface area contributed by atoms with Crippen molar-refractivity contribution in [2.75, 3.05) is 26.2 Å². The second kappa shape index (κ2) is 8.19. The Morgan fingerprint density at radius 3 is 2.57 bits per heavy atom. The molecule has 2 aliphatic rings. The molecule has 1 N–H and O–H groups in total. The zero-order valence-electron chi connectivity index (χ0n) is 15.7. The molecule has 0 spiro atoms. The summed E-state index contributed by atoms with van der Waals surface area (Å²) < 4.78 is 13.0. The highest BCUT2D eigenvalue weighted by molar-refractivity contribution is 6.30. The molecule has 2 aliphatic heterocycles. The topological polar surface area (TPSA) is 43.8 Å². The molecule has 1 amide bonds. The van der Waals surface area contributed by atoms with Gasteiger partial charge in [-0.1, -0.05) is 23.7 Å². The lowest BCUT2D eigenvalue weighted by molar-refractivity contribution is 0.0654. The number of aliphatic hydroxyl groups is 1. The predicted molar refractivity (Wildman–Crippen MR) is 107 cm³/mol. The number of carbonyl (C=O) groups is 1. The molecule has 2 aromatic rings. The number of hydrogen-bond donors (Lipinski definition) is 1. The number of benzene rings is 2. The highest BCUT2D eigenvalue weighted by atomic mass is 35.5. The Labute approximate surface area is 169 Å². The van der Waals surface area contributed by atoms with E-state index in [1.807, 2.05) is 17.0 Å². The van der Waals surface area contributed by atoms with Crippen LogP contribution in [0.15, 0.2) is 42.5 Å². The van der Waals surface area contributed by atoms with E-state index in [9.17, 15) is 14.3 Å². The van der Waals surface area contributed by atoms with E-state index in [-0.39, 0.29) is 11.7 Å². The smallest absolute Gasteiger partial charge is 0.254 e. The van der Waals surface area contributed by atoms with Gasteiger partial charge in [0.1, 0.15) is 5.82 Å². The Kier molecular flexibility index (Phi) is 5.67. The average Bonchev–Trinajstić information content (AvgIpc) is 2.98. The van der Waals surface area contributed by atoms with Crippen molar-refractivity contribution < 1.29 is 14.3 Å². The van der Waals surface area contributed by atoms with Crippen LogP contribution in [0.3, 0.4) is 0 Å². The number of amides is 1. The molecule has 28 heavy (non-hydrogen) atoms. The van der Waals surface area contributed by atoms with E-state index in [0.717, 1.165) is 49.2 Å². The van der Waals surface area contributed by atoms with Crippen LogP contribution < -0.4 is 0 Å². The number of aliphatic hydroxyl groups excluding tert-OH is 1. The van der Waals surface area contributed by atoms with E-state index < -0.39 is 6.10 Å². The van der Waals surface area contributed by atoms with Crippen LogP contribution in [0, 0.1) is 11.7 Å². The maximum atomic E-state index is 13.0. The first kappa shape index (κ1) is 19.4. The minimum Gasteiger partial charge on any atom is -0.387 e. The summed E-state index contributed by atoms with van der Waals surface area (Å²) in [6.45, 7) is 3.73. The molecule has 1 atom stereocenters. The fraction of sp³-hybridized carbons (Fsp3) is 0.409. The van der Waals surface area contributed by atoms with E-state index in [2.05, 4.69) is 4.90 Å². The molecule has 1 unspecified atom stereocenters. The van der Waals surface area contributed by atoms with Gasteiger partial charge in [-0.2, -0.15) is 0 Å². The van der Waals surface area contributed by atoms with Gasteiger partial charge in [-0.25, -0.2) is 4.39 Å². The first-order valence-electron chi connectivity index (χ1n) is 9.73. The normalized spacial score (nSPS) is 19.1. The Hall–Kier alpha value is -1.95. The van der Waals surface area contributed by atoms with Crippen molar-refractivity contribution in [1.82, 2.24) is 9.80 Å². The number of fused-ring (bicyclic) bond motifs is 1. The summed E-state index contributed by atoms with van der Waals surface area (Å²) in [5, 5.41) is 11.1. The molecule has 1 fully saturated rings. The van der Waals surface area contributed by atoms with Crippen molar-refractivity contribution in [1.29, 1.82) is 0 Å². The number of nitrogens with zero attached hydrogens (tertiary/aromatic N) is 2. The summed E-state index contributed by atoms with van der Waals surface area (Å²) >= 11 is 6.05. The molecule has 0 aromatic heterocycles. The summed E-state index contributed by atoms with van der Waals surface area (Å²) in [7, 11) is 0. The Bertz CT molecular complexity index is 850. The van der Waals surface area contributed by atoms with Crippen molar-refractivity contribution in [2.45, 2.75) is 25.5 Å². The van der Waals surface area contributed by atoms with Crippen LogP contribution >= 0.6 is 11.6 Å². The van der Waals surface area contributed by atoms with Crippen molar-refractivity contribution >= 4 is 17.5 Å². The Morgan fingerprint density at radius 2 is 1.86 bits per heavy atom. The Morgan fingerprint density at radius 1 is 1.14 bits per heavy atom. The van der Waals surface area contributed by atoms with Gasteiger partial charge in [0, 0.05) is 30.2 Å². The Balaban J connectivity index is 1.27. The summed E-state index contributed by atoms with van der Waals surface area (Å²) in [4.78, 5) is 16.8. The second-order valence-electron chi connectivity index (χ2n) is 7.80. The van der Waals surface area contributed by atoms with E-state index in [4.69, 9.17) is 11.6 Å². The lowest BCUT2D eigenvalue weighted by Gasteiger charge is -2.34. The lowest BCUT2D eigenvalue weighted by Crippen LogP contribution is -2.40. The van der Waals surface area contributed by atoms with E-state index >= 15 is 0 Å². The molecule has 0 saturated carbocycles. The zero-order valence-corrected chi connectivity index (χ0v) is 16.4. The standard InChI is InChI=1S/C22H24ClFN2O2/c23-18-3-6-20-17(11-18)13-26(22(20)28)12-15-7-9-25(10-8-15)14-21(27)16-1-4-19(24)5-2-16/h1-6,11,15,21,27H,7-10,12-14H2. The van der Waals surface area contributed by atoms with Crippen molar-refractivity contribution in [3.63, 3.8) is 0 Å². The summed E-state index contributed by atoms with van der Waals surface area (Å²) in [5.41, 5.74) is 2.52. The lowest BCUT2D eigenvalue weighted by atomic mass is 9.95. The molecule has 0 aliphatic carbocycles. The molecule has 0 bridgehead atoms. The number of halogens is 2. The van der Waals surface area contributed by atoms with E-state index in [1.54, 1.807) is 18.2 Å². The van der Waals surface area contributed by atoms with Crippen molar-refractivity contribution in [2.24, 2.45) is 5.92 Å². The van der Waals surface area contributed by atoms with Crippen LogP contribution in [0.2, 0.25) is 5.02 Å². The van der Waals surface area contributed by atoms with Gasteiger partial charge < -0.3 is 14.9 Å². The minimum absolute atomic E-state index is 0.0980. The molecule has 6 heteroatoms. The van der Waals surface area contributed by atoms with Crippen LogP contribution in [-0.4, -0.2) is 47.0 Å². The largest absolute Gasteiger partial charge is 0.387 e. The van der Waals surface area contributed by atoms with E-state index in [1.165, 1.54) is 12.1 Å². The first-order chi connectivity index (χ1) is 13.5. The molecule has 1 saturated heterocycles. The van der Waals surface area contributed by atoms with Gasteiger partial charge in [0.25, 0.3) is 5.91 Å². The van der Waals surface area contributed by atoms with Gasteiger partial charge in [-0.05, 0) is 73.3 Å². The number of hydrogen-bond acceptors (Lipinski definition) is 3. The molecular formula is C22H24ClFN2O2. The molecule has 2 heterocycles. The number of piperidine rings is 1. The summed E-state index contributed by atoms with van der Waals surface area (Å²) in [6.07, 6.45) is 1.38. The van der Waals surface area contributed by atoms with Crippen LogP contribution in [0.4, 0.5) is 4.39 Å². The highest BCUT2D eigenvalue weighted by Crippen LogP contribution is 2.28. The van der Waals surface area contributed by atoms with Gasteiger partial charge in [-0.15, -0.1) is 0 Å². The minimum atomic E-state index is -0.614. The predicted octanol–water partition coefficient (Wildman–Crippen LogP) is 3.88. The van der Waals surface area contributed by atoms with Crippen LogP contribution in [0.1, 0.15) is 40.4 Å². The number of carbonyl (C=O) groups excluding carboxylic acids is 1. The first-order valence-corrected chi connectivity index (χ1v) is 10.1. The third kappa shape index (κ3) is 4.22. The van der Waals surface area contributed by atoms with Crippen LogP contribution in [-0.2, 0) is 6.54 Å². The van der Waals surface area contributed by atoms with E-state index in [0.29, 0.717) is 24.0 Å². The second-order valence-corrected chi connectivity index (χ2v) is 8.23. The monoisotopic (exact) mass is 402 g/mol. The van der Waals surface area contributed by atoms with Crippen LogP contribution in [0.25, 0.3) is 0 Å². The van der Waals surface area contributed by atoms with Crippen LogP contribution in [0.5, 0.6) is 0 Å². The maximum Gasteiger partial charge on any atom is 0.254 e. The fourth-order valence-electron chi connectivity index (χ4n) is 4.20. The highest BCUT2D eigenvalue weighted by Gasteiger charge is 2.30. The van der Waals surface area contributed by atoms with Gasteiger partial charge in [0.05, 0.1) is 6.10 Å². The SMILES string of the molecule is O=C1c2ccc(Cl)cc2CN1CC1CCN(CC(O)c2ccc(F)cc2)CC1. The van der Waals surface area contributed by atoms with Gasteiger partial charge in [0.15, 0.2) is 0 Å². The molecular weight excluding hydrogens is 379 g/mol. The third-order valence-electron chi connectivity index (χ3n) is 5.82. The summed E-state index contributed by atoms with van der Waals surface area (Å²) in [6, 6.07) is 11.5. The summed E-state index contributed by atoms with van der Waals surface area (Å²) in [5.74, 6) is 0.270. The molecule has 4 nitrogen and oxygen atoms in total. The fourth-order valence-corrected chi connectivity index (χ4v) is 4.39. The van der Waals surface area contributed by atoms with Gasteiger partial charge in [0.2, 0.25) is 0 Å². The third-order valence-corrected chi connectivity index (χ3v) is 6.05. The maximum absolute atomic E-state index is 13.0. The van der Waals surface area contributed by atoms with Gasteiger partial charge in [-0.3, -0.25) is 4.79 Å². The quantitative estimate of drug-likeness (QED) is 0.825. The molecule has 2 aromatic carbocycles. The molecule has 148 valence electrons. The molecule has 4 rings (SSSR count). The zero-order chi connectivity index (χ0) is 19.7. The van der Waals surface area contributed by atoms with Crippen molar-refractivity contribution in [3.05, 3.63) is 70.0 Å². The van der Waals surface area contributed by atoms with Gasteiger partial charge >= 0.3 is 0 Å². The average molecular weight is 403 g/mol. The molecule has 0 radical (unpaired) electrons. The number of rotatable bonds is 5. The van der Waals surface area contributed by atoms with Crippen molar-refractivity contribution in [3.8, 4) is 0 Å². The number of likely N-dealkylation sites (tertiary alicyclic amines) is 1.